The largest absolute Gasteiger partial charge is 0.442 e. The average Bonchev–Trinajstić information content (AvgIpc) is 2.98. The standard InChI is InChI=1S/C28H56N6O12/c1-28(2,3)46-27(38)34-45-19-18-43-16-17-44-22-26(37)33-23(20-24(35)31-6-10-41-14-12-39-8-4-29)21-25(36)32-7-11-42-15-13-40-9-5-30/h23H,4-22,29-30H2,1-3H3,(H,31,35)(H,32,36)(H,33,37)(H,34,38). The normalized spacial score (nSPS) is 11.3. The highest BCUT2D eigenvalue weighted by Crippen LogP contribution is 2.06. The van der Waals surface area contributed by atoms with Gasteiger partial charge in [0.15, 0.2) is 0 Å². The van der Waals surface area contributed by atoms with E-state index in [9.17, 15) is 19.2 Å². The Hall–Kier alpha value is -2.68. The Morgan fingerprint density at radius 1 is 0.587 bits per heavy atom. The van der Waals surface area contributed by atoms with Crippen LogP contribution >= 0.6 is 0 Å². The summed E-state index contributed by atoms with van der Waals surface area (Å²) in [4.78, 5) is 53.9. The molecule has 0 aromatic rings. The SMILES string of the molecule is CC(C)(C)OC(=O)NOCCOCCOCC(=O)NC(CC(=O)NCCOCCOCCN)CC(=O)NCCOCCOCCN. The zero-order chi connectivity index (χ0) is 34.3. The molecule has 0 aliphatic rings. The number of hydrogen-bond acceptors (Lipinski definition) is 14. The lowest BCUT2D eigenvalue weighted by Crippen LogP contribution is -2.44. The van der Waals surface area contributed by atoms with Crippen molar-refractivity contribution in [2.24, 2.45) is 11.5 Å². The van der Waals surface area contributed by atoms with E-state index in [1.807, 2.05) is 0 Å². The van der Waals surface area contributed by atoms with Crippen LogP contribution in [-0.2, 0) is 52.4 Å². The first-order chi connectivity index (χ1) is 22.1. The van der Waals surface area contributed by atoms with E-state index >= 15 is 0 Å². The summed E-state index contributed by atoms with van der Waals surface area (Å²) in [6, 6.07) is -0.780. The second-order valence-corrected chi connectivity index (χ2v) is 10.5. The van der Waals surface area contributed by atoms with Crippen molar-refractivity contribution in [2.45, 2.75) is 45.3 Å². The smallest absolute Gasteiger partial charge is 0.431 e. The van der Waals surface area contributed by atoms with Crippen LogP contribution in [0, 0.1) is 0 Å². The molecule has 0 fully saturated rings. The summed E-state index contributed by atoms with van der Waals surface area (Å²) in [6.45, 7) is 9.73. The van der Waals surface area contributed by atoms with Crippen molar-refractivity contribution in [1.29, 1.82) is 0 Å². The maximum Gasteiger partial charge on any atom is 0.431 e. The number of nitrogens with one attached hydrogen (secondary N) is 4. The summed E-state index contributed by atoms with van der Waals surface area (Å²) in [5, 5.41) is 8.08. The molecule has 0 rings (SSSR count). The maximum atomic E-state index is 12.5. The highest BCUT2D eigenvalue weighted by molar-refractivity contribution is 5.83. The fourth-order valence-corrected chi connectivity index (χ4v) is 3.27. The number of carbonyl (C=O) groups excluding carboxylic acids is 4. The van der Waals surface area contributed by atoms with Crippen LogP contribution in [0.5, 0.6) is 0 Å². The van der Waals surface area contributed by atoms with Gasteiger partial charge in [0, 0.05) is 45.1 Å². The number of hydrogen-bond donors (Lipinski definition) is 6. The van der Waals surface area contributed by atoms with Crippen LogP contribution in [0.3, 0.4) is 0 Å². The highest BCUT2D eigenvalue weighted by atomic mass is 16.7. The van der Waals surface area contributed by atoms with Crippen molar-refractivity contribution in [3.63, 3.8) is 0 Å². The monoisotopic (exact) mass is 668 g/mol. The average molecular weight is 669 g/mol. The molecule has 0 aliphatic carbocycles. The Kier molecular flexibility index (Phi) is 28.0. The van der Waals surface area contributed by atoms with Gasteiger partial charge >= 0.3 is 6.09 Å². The van der Waals surface area contributed by atoms with Crippen LogP contribution in [0.4, 0.5) is 4.79 Å². The Bertz CT molecular complexity index is 769. The lowest BCUT2D eigenvalue weighted by molar-refractivity contribution is -0.128. The third-order valence-corrected chi connectivity index (χ3v) is 5.12. The van der Waals surface area contributed by atoms with E-state index in [-0.39, 0.29) is 84.0 Å². The fourth-order valence-electron chi connectivity index (χ4n) is 3.27. The van der Waals surface area contributed by atoms with Crippen molar-refractivity contribution >= 4 is 23.8 Å². The Morgan fingerprint density at radius 2 is 1.02 bits per heavy atom. The third-order valence-electron chi connectivity index (χ3n) is 5.12. The molecule has 18 nitrogen and oxygen atoms in total. The quantitative estimate of drug-likeness (QED) is 0.0357. The van der Waals surface area contributed by atoms with Gasteiger partial charge in [-0.25, -0.2) is 4.79 Å². The molecule has 0 spiro atoms. The van der Waals surface area contributed by atoms with E-state index in [1.54, 1.807) is 20.8 Å². The van der Waals surface area contributed by atoms with Crippen molar-refractivity contribution < 1.29 is 57.2 Å². The maximum absolute atomic E-state index is 12.5. The first kappa shape index (κ1) is 43.3. The molecule has 4 amide bonds. The summed E-state index contributed by atoms with van der Waals surface area (Å²) < 4.78 is 36.8. The summed E-state index contributed by atoms with van der Waals surface area (Å²) in [5.41, 5.74) is 12.2. The number of carbonyl (C=O) groups is 4. The summed E-state index contributed by atoms with van der Waals surface area (Å²) in [7, 11) is 0. The van der Waals surface area contributed by atoms with Crippen molar-refractivity contribution in [3.05, 3.63) is 0 Å². The molecule has 0 radical (unpaired) electrons. The van der Waals surface area contributed by atoms with E-state index in [0.29, 0.717) is 52.7 Å². The summed E-state index contributed by atoms with van der Waals surface area (Å²) >= 11 is 0. The molecular formula is C28H56N6O12. The van der Waals surface area contributed by atoms with Gasteiger partial charge in [0.1, 0.15) is 12.2 Å². The molecule has 0 aromatic carbocycles. The van der Waals surface area contributed by atoms with Gasteiger partial charge in [-0.1, -0.05) is 0 Å². The molecule has 46 heavy (non-hydrogen) atoms. The van der Waals surface area contributed by atoms with E-state index < -0.39 is 23.6 Å². The first-order valence-electron chi connectivity index (χ1n) is 15.4. The van der Waals surface area contributed by atoms with Crippen molar-refractivity contribution in [1.82, 2.24) is 21.4 Å². The fraction of sp³-hybridized carbons (Fsp3) is 0.857. The first-order valence-corrected chi connectivity index (χ1v) is 15.4. The van der Waals surface area contributed by atoms with Crippen LogP contribution in [0.2, 0.25) is 0 Å². The van der Waals surface area contributed by atoms with Crippen LogP contribution in [0.1, 0.15) is 33.6 Å². The van der Waals surface area contributed by atoms with E-state index in [0.717, 1.165) is 0 Å². The Morgan fingerprint density at radius 3 is 1.50 bits per heavy atom. The van der Waals surface area contributed by atoms with Gasteiger partial charge in [-0.2, -0.15) is 5.48 Å². The predicted octanol–water partition coefficient (Wildman–Crippen LogP) is -2.04. The van der Waals surface area contributed by atoms with Gasteiger partial charge in [-0.05, 0) is 20.8 Å². The molecule has 18 heteroatoms. The minimum absolute atomic E-state index is 0.0796. The van der Waals surface area contributed by atoms with Gasteiger partial charge in [-0.15, -0.1) is 0 Å². The third kappa shape index (κ3) is 31.3. The molecule has 0 saturated carbocycles. The van der Waals surface area contributed by atoms with E-state index in [4.69, 9.17) is 49.5 Å². The number of nitrogens with two attached hydrogens (primary N) is 2. The number of hydroxylamine groups is 1. The molecule has 0 heterocycles. The number of amides is 4. The van der Waals surface area contributed by atoms with E-state index in [1.165, 1.54) is 0 Å². The second kappa shape index (κ2) is 29.7. The van der Waals surface area contributed by atoms with Crippen molar-refractivity contribution in [2.75, 3.05) is 112 Å². The molecule has 0 bridgehead atoms. The van der Waals surface area contributed by atoms with Crippen LogP contribution in [0.25, 0.3) is 0 Å². The predicted molar refractivity (Wildman–Crippen MR) is 166 cm³/mol. The molecule has 0 aromatic heterocycles. The van der Waals surface area contributed by atoms with Crippen LogP contribution in [0.15, 0.2) is 0 Å². The molecule has 0 saturated heterocycles. The molecule has 8 N–H and O–H groups in total. The number of ether oxygens (including phenoxy) is 7. The van der Waals surface area contributed by atoms with Crippen molar-refractivity contribution in [3.8, 4) is 0 Å². The number of rotatable bonds is 30. The van der Waals surface area contributed by atoms with E-state index in [2.05, 4.69) is 21.4 Å². The van der Waals surface area contributed by atoms with Crippen LogP contribution in [-0.4, -0.2) is 148 Å². The Labute approximate surface area is 271 Å². The summed E-state index contributed by atoms with van der Waals surface area (Å²) in [6.07, 6.45) is -0.971. The van der Waals surface area contributed by atoms with Gasteiger partial charge in [0.05, 0.1) is 79.3 Å². The van der Waals surface area contributed by atoms with Gasteiger partial charge in [-0.3, -0.25) is 19.2 Å². The minimum atomic E-state index is -0.780. The molecule has 0 aliphatic heterocycles. The summed E-state index contributed by atoms with van der Waals surface area (Å²) in [5.74, 6) is -1.23. The minimum Gasteiger partial charge on any atom is -0.442 e. The van der Waals surface area contributed by atoms with Crippen LogP contribution < -0.4 is 32.9 Å². The lowest BCUT2D eigenvalue weighted by atomic mass is 10.1. The lowest BCUT2D eigenvalue weighted by Gasteiger charge is -2.19. The molecule has 0 atom stereocenters. The van der Waals surface area contributed by atoms with Gasteiger partial charge in [0.2, 0.25) is 17.7 Å². The topological polar surface area (TPSA) is 242 Å². The van der Waals surface area contributed by atoms with Gasteiger partial charge in [0.25, 0.3) is 0 Å². The zero-order valence-corrected chi connectivity index (χ0v) is 27.6. The Balaban J connectivity index is 4.39. The zero-order valence-electron chi connectivity index (χ0n) is 27.6. The molecular weight excluding hydrogens is 612 g/mol. The van der Waals surface area contributed by atoms with Gasteiger partial charge < -0.3 is 60.6 Å². The second-order valence-electron chi connectivity index (χ2n) is 10.5. The molecule has 0 unspecified atom stereocenters. The molecule has 270 valence electrons. The highest BCUT2D eigenvalue weighted by Gasteiger charge is 2.20.